The van der Waals surface area contributed by atoms with Crippen LogP contribution in [0.3, 0.4) is 0 Å². The van der Waals surface area contributed by atoms with E-state index in [1.807, 2.05) is 0 Å². The molecule has 4 N–H and O–H groups in total. The summed E-state index contributed by atoms with van der Waals surface area (Å²) in [6, 6.07) is 15.2. The van der Waals surface area contributed by atoms with Crippen molar-refractivity contribution in [3.63, 3.8) is 0 Å². The number of fused-ring (bicyclic) bond motifs is 1. The molecule has 18 nitrogen and oxygen atoms in total. The Labute approximate surface area is 330 Å². The lowest BCUT2D eigenvalue weighted by Gasteiger charge is -2.15. The number of nitrogens with one attached hydrogen (secondary N) is 3. The summed E-state index contributed by atoms with van der Waals surface area (Å²) in [5.74, 6) is -3.33. The van der Waals surface area contributed by atoms with Crippen LogP contribution in [-0.4, -0.2) is 61.5 Å². The van der Waals surface area contributed by atoms with Crippen molar-refractivity contribution in [2.24, 2.45) is 0 Å². The van der Waals surface area contributed by atoms with Crippen molar-refractivity contribution in [1.82, 2.24) is 25.3 Å². The number of rotatable bonds is 18. The molecule has 5 rings (SSSR count). The number of aromatic amines is 1. The molecule has 0 saturated heterocycles. The maximum absolute atomic E-state index is 13.1. The van der Waals surface area contributed by atoms with E-state index in [2.05, 4.69) is 35.1 Å². The maximum Gasteiger partial charge on any atom is 0.538 e. The molecule has 1 amide bonds. The number of hydrogen-bond acceptors (Lipinski definition) is 15. The largest absolute Gasteiger partial charge is 0.538 e. The van der Waals surface area contributed by atoms with E-state index in [-0.39, 0.29) is 54.3 Å². The molecule has 0 spiro atoms. The quantitative estimate of drug-likeness (QED) is 0.0393. The summed E-state index contributed by atoms with van der Waals surface area (Å²) in [6.45, 7) is 5.02. The van der Waals surface area contributed by atoms with Gasteiger partial charge in [0, 0.05) is 17.7 Å². The molecule has 3 aromatic carbocycles. The number of carbonyl (C=O) groups excluding carboxylic acids is 3. The number of carboxylic acid groups (broad SMARTS) is 1. The molecule has 2 atom stereocenters. The highest BCUT2D eigenvalue weighted by atomic mass is 31.2. The van der Waals surface area contributed by atoms with Gasteiger partial charge in [0.1, 0.15) is 35.0 Å². The first-order valence-electron chi connectivity index (χ1n) is 17.5. The van der Waals surface area contributed by atoms with E-state index in [1.54, 1.807) is 57.2 Å². The summed E-state index contributed by atoms with van der Waals surface area (Å²) in [4.78, 5) is 78.5. The van der Waals surface area contributed by atoms with Crippen LogP contribution in [0, 0.1) is 26.4 Å². The number of anilines is 1. The van der Waals surface area contributed by atoms with Crippen LogP contribution in [0.15, 0.2) is 77.7 Å². The van der Waals surface area contributed by atoms with Crippen molar-refractivity contribution in [2.45, 2.75) is 52.8 Å². The number of nitrogens with zero attached hydrogens (tertiary/aromatic N) is 3. The van der Waals surface area contributed by atoms with E-state index < -0.39 is 49.7 Å². The first-order valence-corrected chi connectivity index (χ1v) is 19.0. The van der Waals surface area contributed by atoms with Crippen molar-refractivity contribution >= 4 is 48.5 Å². The molecule has 2 aromatic heterocycles. The third-order valence-corrected chi connectivity index (χ3v) is 9.36. The number of carboxylic acids is 1. The topological polar surface area (TPSA) is 247 Å². The molecule has 0 aliphatic carbocycles. The second kappa shape index (κ2) is 19.3. The number of carbonyl (C=O) groups is 4. The number of terminal acetylenes is 1. The van der Waals surface area contributed by atoms with Crippen LogP contribution in [0.2, 0.25) is 0 Å². The fourth-order valence-corrected chi connectivity index (χ4v) is 6.12. The van der Waals surface area contributed by atoms with Gasteiger partial charge in [0.15, 0.2) is 11.2 Å². The maximum atomic E-state index is 13.1. The minimum Gasteiger partial charge on any atom is -0.480 e. The van der Waals surface area contributed by atoms with Gasteiger partial charge < -0.3 is 34.7 Å². The normalized spacial score (nSPS) is 12.4. The predicted octanol–water partition coefficient (Wildman–Crippen LogP) is 5.00. The molecule has 0 saturated carbocycles. The van der Waals surface area contributed by atoms with E-state index in [4.69, 9.17) is 24.9 Å². The zero-order valence-corrected chi connectivity index (χ0v) is 32.2. The Morgan fingerprint density at radius 3 is 2.41 bits per heavy atom. The molecule has 0 fully saturated rings. The van der Waals surface area contributed by atoms with E-state index >= 15 is 0 Å². The Morgan fingerprint density at radius 2 is 1.72 bits per heavy atom. The van der Waals surface area contributed by atoms with E-state index in [1.165, 1.54) is 42.6 Å². The summed E-state index contributed by atoms with van der Waals surface area (Å²) in [5.41, 5.74) is 2.28. The van der Waals surface area contributed by atoms with Gasteiger partial charge in [0.25, 0.3) is 5.91 Å². The second-order valence-electron chi connectivity index (χ2n) is 12.4. The number of aliphatic carboxylic acids is 1. The van der Waals surface area contributed by atoms with Gasteiger partial charge in [-0.05, 0) is 86.8 Å². The molecular weight excluding hydrogens is 775 g/mol. The average molecular weight is 813 g/mol. The lowest BCUT2D eigenvalue weighted by molar-refractivity contribution is -0.140. The number of hydrogen-bond donors (Lipinski definition) is 4. The van der Waals surface area contributed by atoms with Crippen LogP contribution in [0.5, 0.6) is 11.5 Å². The van der Waals surface area contributed by atoms with Crippen LogP contribution >= 0.6 is 7.82 Å². The number of aromatic nitrogens is 4. The minimum absolute atomic E-state index is 0.0404. The van der Waals surface area contributed by atoms with Crippen LogP contribution in [0.1, 0.15) is 63.1 Å². The summed E-state index contributed by atoms with van der Waals surface area (Å²) < 4.78 is 38.2. The molecule has 300 valence electrons. The van der Waals surface area contributed by atoms with Crippen LogP contribution < -0.4 is 25.7 Å². The molecule has 1 unspecified atom stereocenters. The Kier molecular flexibility index (Phi) is 14.0. The lowest BCUT2D eigenvalue weighted by Crippen LogP contribution is -2.41. The number of ether oxygens (including phenoxy) is 2. The van der Waals surface area contributed by atoms with E-state index in [0.717, 1.165) is 0 Å². The van der Waals surface area contributed by atoms with Gasteiger partial charge in [-0.2, -0.15) is 4.98 Å². The summed E-state index contributed by atoms with van der Waals surface area (Å²) >= 11 is 0. The Morgan fingerprint density at radius 1 is 0.983 bits per heavy atom. The van der Waals surface area contributed by atoms with E-state index in [9.17, 15) is 33.6 Å². The Hall–Kier alpha value is -6.93. The molecule has 0 aliphatic heterocycles. The number of aryl methyl sites for hydroxylation is 2. The van der Waals surface area contributed by atoms with Gasteiger partial charge in [0.05, 0.1) is 31.6 Å². The van der Waals surface area contributed by atoms with Crippen molar-refractivity contribution in [3.05, 3.63) is 117 Å². The van der Waals surface area contributed by atoms with Gasteiger partial charge in [-0.3, -0.25) is 23.4 Å². The summed E-state index contributed by atoms with van der Waals surface area (Å²) in [5, 5.41) is 15.3. The molecule has 19 heteroatoms. The molecule has 5 aromatic rings. The van der Waals surface area contributed by atoms with Gasteiger partial charge in [-0.15, -0.1) is 0 Å². The molecule has 0 bridgehead atoms. The lowest BCUT2D eigenvalue weighted by atomic mass is 10.1. The molecular formula is C39H37N6O12P. The van der Waals surface area contributed by atoms with Crippen molar-refractivity contribution in [3.8, 4) is 24.0 Å². The third-order valence-electron chi connectivity index (χ3n) is 8.01. The fourth-order valence-electron chi connectivity index (χ4n) is 5.19. The highest BCUT2D eigenvalue weighted by Crippen LogP contribution is 2.49. The monoisotopic (exact) mass is 812 g/mol. The van der Waals surface area contributed by atoms with E-state index in [0.29, 0.717) is 34.0 Å². The Bertz CT molecular complexity index is 2470. The smallest absolute Gasteiger partial charge is 0.480 e. The average Bonchev–Trinajstić information content (AvgIpc) is 3.18. The second-order valence-corrected chi connectivity index (χ2v) is 14.0. The zero-order chi connectivity index (χ0) is 41.8. The highest BCUT2D eigenvalue weighted by Gasteiger charge is 2.27. The highest BCUT2D eigenvalue weighted by molar-refractivity contribution is 7.48. The molecule has 0 aliphatic rings. The van der Waals surface area contributed by atoms with Gasteiger partial charge >= 0.3 is 31.3 Å². The predicted molar refractivity (Wildman–Crippen MR) is 207 cm³/mol. The number of benzene rings is 3. The van der Waals surface area contributed by atoms with Crippen LogP contribution in [0.4, 0.5) is 5.69 Å². The van der Waals surface area contributed by atoms with Crippen molar-refractivity contribution < 1.29 is 51.9 Å². The summed E-state index contributed by atoms with van der Waals surface area (Å²) in [7, 11) is -3.96. The molecule has 2 heterocycles. The third kappa shape index (κ3) is 11.6. The van der Waals surface area contributed by atoms with Crippen molar-refractivity contribution in [1.29, 1.82) is 0 Å². The van der Waals surface area contributed by atoms with Crippen molar-refractivity contribution in [2.75, 3.05) is 11.9 Å². The summed E-state index contributed by atoms with van der Waals surface area (Å²) in [6.07, 6.45) is 7.61. The number of phosphoric acid groups is 1. The fraction of sp³-hybridized carbons (Fsp3) is 0.231. The SMILES string of the molecule is C#COP(=O)(OCC)OCc1ccc(OC(=O)c2ccc(C)cc2OC(=O)CC[C@H](NC(=O)c2ccc(NCc3cnc4[nH]c(C)nc(=O)c4n3)cc2)C(=O)O)cc1. The molecule has 58 heavy (non-hydrogen) atoms. The van der Waals surface area contributed by atoms with Gasteiger partial charge in [-0.25, -0.2) is 24.1 Å². The van der Waals surface area contributed by atoms with Crippen LogP contribution in [0.25, 0.3) is 11.2 Å². The number of esters is 2. The van der Waals surface area contributed by atoms with Gasteiger partial charge in [0.2, 0.25) is 0 Å². The first kappa shape index (κ1) is 42.2. The van der Waals surface area contributed by atoms with Gasteiger partial charge in [-0.1, -0.05) is 24.6 Å². The Balaban J connectivity index is 1.13. The standard InChI is InChI=1S/C39H37N6O12P/c1-5-53-58(52,54-6-2)55-22-25-8-14-29(15-9-25)56-39(51)30-16-7-23(3)19-32(30)57-33(46)18-17-31(38(49)50)45-36(47)26-10-12-27(13-11-26)40-20-28-21-41-35-34(44-28)37(48)43-24(4)42-35/h1,7-16,19,21,31,40H,6,17-18,20,22H2,2-4H3,(H,45,47)(H,49,50)(H,41,42,43,48)/t31-,58?/m0/s1. The minimum atomic E-state index is -3.96. The first-order chi connectivity index (χ1) is 27.7. The van der Waals surface area contributed by atoms with Crippen LogP contribution in [-0.2, 0) is 40.9 Å². The zero-order valence-electron chi connectivity index (χ0n) is 31.3. The molecule has 0 radical (unpaired) electrons. The number of H-pyrrole nitrogens is 1. The number of amides is 1. The number of phosphoric ester groups is 1.